The highest BCUT2D eigenvalue weighted by Gasteiger charge is 2.29. The summed E-state index contributed by atoms with van der Waals surface area (Å²) in [6.07, 6.45) is 1.33. The maximum Gasteiger partial charge on any atom is 0.289 e. The number of benzene rings is 2. The van der Waals surface area contributed by atoms with Crippen molar-refractivity contribution in [1.29, 1.82) is 0 Å². The zero-order valence-electron chi connectivity index (χ0n) is 15.4. The van der Waals surface area contributed by atoms with Gasteiger partial charge < -0.3 is 14.6 Å². The second kappa shape index (κ2) is 8.19. The van der Waals surface area contributed by atoms with E-state index in [1.54, 1.807) is 11.0 Å². The number of hydrogen-bond acceptors (Lipinski definition) is 3. The van der Waals surface area contributed by atoms with Crippen LogP contribution in [0.1, 0.15) is 29.0 Å². The summed E-state index contributed by atoms with van der Waals surface area (Å²) in [5, 5.41) is 3.90. The van der Waals surface area contributed by atoms with Gasteiger partial charge in [-0.2, -0.15) is 0 Å². The first-order valence-corrected chi connectivity index (χ1v) is 10.2. The van der Waals surface area contributed by atoms with Crippen LogP contribution in [0.4, 0.5) is 0 Å². The normalized spacial score (nSPS) is 15.0. The minimum absolute atomic E-state index is 0.0561. The number of nitrogens with one attached hydrogen (secondary N) is 1. The van der Waals surface area contributed by atoms with Crippen molar-refractivity contribution in [3.63, 3.8) is 0 Å². The fourth-order valence-corrected chi connectivity index (χ4v) is 3.93. The third-order valence-electron chi connectivity index (χ3n) is 5.15. The molecular formula is C22H21BrN2O3. The van der Waals surface area contributed by atoms with E-state index in [2.05, 4.69) is 21.2 Å². The number of amides is 2. The van der Waals surface area contributed by atoms with Crippen LogP contribution in [-0.4, -0.2) is 29.8 Å². The number of carbonyl (C=O) groups excluding carboxylic acids is 2. The summed E-state index contributed by atoms with van der Waals surface area (Å²) in [5.41, 5.74) is 1.78. The Morgan fingerprint density at radius 3 is 2.57 bits per heavy atom. The largest absolute Gasteiger partial charge is 0.451 e. The summed E-state index contributed by atoms with van der Waals surface area (Å²) < 4.78 is 6.65. The summed E-state index contributed by atoms with van der Waals surface area (Å²) in [5.74, 6) is 0.236. The topological polar surface area (TPSA) is 62.6 Å². The molecule has 28 heavy (non-hydrogen) atoms. The first-order valence-electron chi connectivity index (χ1n) is 9.40. The van der Waals surface area contributed by atoms with Crippen molar-refractivity contribution in [2.24, 2.45) is 5.92 Å². The van der Waals surface area contributed by atoms with E-state index in [0.717, 1.165) is 15.4 Å². The molecule has 1 N–H and O–H groups in total. The number of halogens is 1. The lowest BCUT2D eigenvalue weighted by Crippen LogP contribution is -2.42. The van der Waals surface area contributed by atoms with Crippen molar-refractivity contribution in [3.05, 3.63) is 70.4 Å². The van der Waals surface area contributed by atoms with Gasteiger partial charge in [0.2, 0.25) is 5.91 Å². The molecule has 0 spiro atoms. The molecule has 0 atom stereocenters. The molecule has 6 heteroatoms. The highest BCUT2D eigenvalue weighted by atomic mass is 79.9. The zero-order chi connectivity index (χ0) is 19.5. The molecule has 1 aliphatic rings. The molecule has 1 aromatic heterocycles. The van der Waals surface area contributed by atoms with E-state index >= 15 is 0 Å². The van der Waals surface area contributed by atoms with Crippen LogP contribution in [0.25, 0.3) is 11.0 Å². The predicted octanol–water partition coefficient (Wildman–Crippen LogP) is 4.36. The van der Waals surface area contributed by atoms with Crippen molar-refractivity contribution < 1.29 is 14.0 Å². The molecule has 4 rings (SSSR count). The maximum absolute atomic E-state index is 12.8. The van der Waals surface area contributed by atoms with Crippen LogP contribution in [0.3, 0.4) is 0 Å². The number of nitrogens with zero attached hydrogens (tertiary/aromatic N) is 1. The van der Waals surface area contributed by atoms with Crippen LogP contribution in [-0.2, 0) is 11.3 Å². The number of hydrogen-bond donors (Lipinski definition) is 1. The van der Waals surface area contributed by atoms with Gasteiger partial charge >= 0.3 is 0 Å². The smallest absolute Gasteiger partial charge is 0.289 e. The average Bonchev–Trinajstić information content (AvgIpc) is 3.15. The molecular weight excluding hydrogens is 420 g/mol. The van der Waals surface area contributed by atoms with E-state index in [4.69, 9.17) is 4.42 Å². The van der Waals surface area contributed by atoms with Gasteiger partial charge in [-0.3, -0.25) is 9.59 Å². The van der Waals surface area contributed by atoms with E-state index in [9.17, 15) is 9.59 Å². The van der Waals surface area contributed by atoms with Crippen molar-refractivity contribution >= 4 is 38.7 Å². The van der Waals surface area contributed by atoms with Crippen molar-refractivity contribution in [2.45, 2.75) is 19.4 Å². The molecule has 1 aliphatic heterocycles. The molecule has 1 fully saturated rings. The SMILES string of the molecule is O=C(NCc1ccccc1)C1CCN(C(=O)c2cc3cc(Br)ccc3o2)CC1. The molecule has 2 amide bonds. The molecule has 5 nitrogen and oxygen atoms in total. The number of piperidine rings is 1. The van der Waals surface area contributed by atoms with Crippen LogP contribution in [0.15, 0.2) is 63.5 Å². The first-order chi connectivity index (χ1) is 13.6. The van der Waals surface area contributed by atoms with Gasteiger partial charge in [0, 0.05) is 35.4 Å². The Bertz CT molecular complexity index is 991. The van der Waals surface area contributed by atoms with Gasteiger partial charge in [-0.1, -0.05) is 46.3 Å². The highest BCUT2D eigenvalue weighted by Crippen LogP contribution is 2.26. The quantitative estimate of drug-likeness (QED) is 0.655. The molecule has 0 saturated carbocycles. The predicted molar refractivity (Wildman–Crippen MR) is 111 cm³/mol. The Labute approximate surface area is 171 Å². The molecule has 0 bridgehead atoms. The second-order valence-corrected chi connectivity index (χ2v) is 7.98. The van der Waals surface area contributed by atoms with Crippen molar-refractivity contribution in [2.75, 3.05) is 13.1 Å². The summed E-state index contributed by atoms with van der Waals surface area (Å²) in [6.45, 7) is 1.65. The highest BCUT2D eigenvalue weighted by molar-refractivity contribution is 9.10. The summed E-state index contributed by atoms with van der Waals surface area (Å²) in [7, 11) is 0. The first kappa shape index (κ1) is 18.7. The maximum atomic E-state index is 12.8. The van der Waals surface area contributed by atoms with E-state index in [1.807, 2.05) is 48.5 Å². The fourth-order valence-electron chi connectivity index (χ4n) is 3.55. The molecule has 144 valence electrons. The van der Waals surface area contributed by atoms with Crippen LogP contribution in [0, 0.1) is 5.92 Å². The van der Waals surface area contributed by atoms with Crippen LogP contribution in [0.2, 0.25) is 0 Å². The zero-order valence-corrected chi connectivity index (χ0v) is 16.9. The number of carbonyl (C=O) groups is 2. The van der Waals surface area contributed by atoms with Gasteiger partial charge in [-0.05, 0) is 42.7 Å². The number of fused-ring (bicyclic) bond motifs is 1. The van der Waals surface area contributed by atoms with Gasteiger partial charge in [0.05, 0.1) is 0 Å². The Kier molecular flexibility index (Phi) is 5.48. The third-order valence-corrected chi connectivity index (χ3v) is 5.64. The number of likely N-dealkylation sites (tertiary alicyclic amines) is 1. The molecule has 1 saturated heterocycles. The second-order valence-electron chi connectivity index (χ2n) is 7.06. The van der Waals surface area contributed by atoms with Gasteiger partial charge in [0.25, 0.3) is 5.91 Å². The Morgan fingerprint density at radius 1 is 1.07 bits per heavy atom. The van der Waals surface area contributed by atoms with Gasteiger partial charge in [0.1, 0.15) is 5.58 Å². The minimum Gasteiger partial charge on any atom is -0.451 e. The molecule has 0 radical (unpaired) electrons. The van der Waals surface area contributed by atoms with Crippen LogP contribution >= 0.6 is 15.9 Å². The molecule has 2 aromatic carbocycles. The summed E-state index contributed by atoms with van der Waals surface area (Å²) in [4.78, 5) is 27.0. The molecule has 0 aliphatic carbocycles. The third kappa shape index (κ3) is 4.12. The Morgan fingerprint density at radius 2 is 1.82 bits per heavy atom. The van der Waals surface area contributed by atoms with Crippen LogP contribution < -0.4 is 5.32 Å². The van der Waals surface area contributed by atoms with Crippen molar-refractivity contribution in [1.82, 2.24) is 10.2 Å². The van der Waals surface area contributed by atoms with E-state index in [0.29, 0.717) is 43.8 Å². The van der Waals surface area contributed by atoms with E-state index in [-0.39, 0.29) is 17.7 Å². The molecule has 0 unspecified atom stereocenters. The van der Waals surface area contributed by atoms with E-state index < -0.39 is 0 Å². The van der Waals surface area contributed by atoms with Gasteiger partial charge in [0.15, 0.2) is 5.76 Å². The lowest BCUT2D eigenvalue weighted by Gasteiger charge is -2.30. The Balaban J connectivity index is 1.32. The van der Waals surface area contributed by atoms with E-state index in [1.165, 1.54) is 0 Å². The minimum atomic E-state index is -0.115. The standard InChI is InChI=1S/C22H21BrN2O3/c23-18-6-7-19-17(12-18)13-20(28-19)22(27)25-10-8-16(9-11-25)21(26)24-14-15-4-2-1-3-5-15/h1-7,12-13,16H,8-11,14H2,(H,24,26). The monoisotopic (exact) mass is 440 g/mol. The van der Waals surface area contributed by atoms with Crippen molar-refractivity contribution in [3.8, 4) is 0 Å². The summed E-state index contributed by atoms with van der Waals surface area (Å²) in [6, 6.07) is 17.3. The lowest BCUT2D eigenvalue weighted by molar-refractivity contribution is -0.126. The van der Waals surface area contributed by atoms with Gasteiger partial charge in [-0.15, -0.1) is 0 Å². The fraction of sp³-hybridized carbons (Fsp3) is 0.273. The molecule has 3 aromatic rings. The molecule has 2 heterocycles. The number of rotatable bonds is 4. The average molecular weight is 441 g/mol. The Hall–Kier alpha value is -2.60. The summed E-state index contributed by atoms with van der Waals surface area (Å²) >= 11 is 3.43. The number of furan rings is 1. The lowest BCUT2D eigenvalue weighted by atomic mass is 9.95. The van der Waals surface area contributed by atoms with Gasteiger partial charge in [-0.25, -0.2) is 0 Å². The van der Waals surface area contributed by atoms with Crippen LogP contribution in [0.5, 0.6) is 0 Å².